The molecule has 0 heterocycles. The zero-order chi connectivity index (χ0) is 19.8. The Morgan fingerprint density at radius 1 is 1.15 bits per heavy atom. The van der Waals surface area contributed by atoms with Crippen LogP contribution in [0.25, 0.3) is 0 Å². The molecule has 0 spiro atoms. The standard InChI is InChI=1S/C17H15FN2O7/c1-25-12-5-6-14(15(8-12)20(23)24)19-16(21)9-27-17(22)10-26-13-4-2-3-11(18)7-13/h2-8H,9-10H2,1H3,(H,19,21). The summed E-state index contributed by atoms with van der Waals surface area (Å²) in [4.78, 5) is 33.8. The summed E-state index contributed by atoms with van der Waals surface area (Å²) in [6, 6.07) is 9.04. The lowest BCUT2D eigenvalue weighted by molar-refractivity contribution is -0.384. The van der Waals surface area contributed by atoms with Crippen LogP contribution in [0, 0.1) is 15.9 Å². The van der Waals surface area contributed by atoms with Gasteiger partial charge in [-0.15, -0.1) is 0 Å². The molecule has 1 amide bonds. The number of nitrogens with zero attached hydrogens (tertiary/aromatic N) is 1. The van der Waals surface area contributed by atoms with Gasteiger partial charge in [0.2, 0.25) is 0 Å². The largest absolute Gasteiger partial charge is 0.496 e. The van der Waals surface area contributed by atoms with Crippen LogP contribution in [0.2, 0.25) is 0 Å². The van der Waals surface area contributed by atoms with Crippen molar-refractivity contribution in [1.29, 1.82) is 0 Å². The molecule has 9 nitrogen and oxygen atoms in total. The van der Waals surface area contributed by atoms with E-state index in [1.165, 1.54) is 37.4 Å². The van der Waals surface area contributed by atoms with Crippen LogP contribution in [0.4, 0.5) is 15.8 Å². The molecule has 0 radical (unpaired) electrons. The number of amides is 1. The first-order valence-corrected chi connectivity index (χ1v) is 7.55. The third-order valence-electron chi connectivity index (χ3n) is 3.19. The van der Waals surface area contributed by atoms with E-state index in [9.17, 15) is 24.1 Å². The molecule has 0 aromatic heterocycles. The number of esters is 1. The maximum Gasteiger partial charge on any atom is 0.344 e. The van der Waals surface area contributed by atoms with E-state index in [4.69, 9.17) is 14.2 Å². The Kier molecular flexibility index (Phi) is 6.64. The van der Waals surface area contributed by atoms with Crippen LogP contribution in [-0.4, -0.2) is 37.1 Å². The molecule has 2 aromatic carbocycles. The second-order valence-electron chi connectivity index (χ2n) is 5.10. The molecule has 0 fully saturated rings. The molecule has 10 heteroatoms. The number of benzene rings is 2. The highest BCUT2D eigenvalue weighted by molar-refractivity contribution is 5.95. The van der Waals surface area contributed by atoms with Crippen molar-refractivity contribution in [2.45, 2.75) is 0 Å². The number of ether oxygens (including phenoxy) is 3. The molecular formula is C17H15FN2O7. The monoisotopic (exact) mass is 378 g/mol. The van der Waals surface area contributed by atoms with Gasteiger partial charge in [-0.3, -0.25) is 14.9 Å². The first-order chi connectivity index (χ1) is 12.9. The Hall–Kier alpha value is -3.69. The fraction of sp³-hybridized carbons (Fsp3) is 0.176. The van der Waals surface area contributed by atoms with Gasteiger partial charge >= 0.3 is 5.97 Å². The van der Waals surface area contributed by atoms with Crippen molar-refractivity contribution >= 4 is 23.3 Å². The lowest BCUT2D eigenvalue weighted by atomic mass is 10.2. The SMILES string of the molecule is COc1ccc(NC(=O)COC(=O)COc2cccc(F)c2)c([N+](=O)[O-])c1. The number of carbonyl (C=O) groups excluding carboxylic acids is 2. The first-order valence-electron chi connectivity index (χ1n) is 7.55. The molecule has 2 aromatic rings. The summed E-state index contributed by atoms with van der Waals surface area (Å²) in [5.74, 6) is -1.78. The second kappa shape index (κ2) is 9.13. The molecule has 0 bridgehead atoms. The van der Waals surface area contributed by atoms with Gasteiger partial charge in [-0.25, -0.2) is 9.18 Å². The quantitative estimate of drug-likeness (QED) is 0.425. The molecule has 0 unspecified atom stereocenters. The number of methoxy groups -OCH3 is 1. The van der Waals surface area contributed by atoms with E-state index in [-0.39, 0.29) is 22.9 Å². The summed E-state index contributed by atoms with van der Waals surface area (Å²) >= 11 is 0. The van der Waals surface area contributed by atoms with Gasteiger partial charge in [0.1, 0.15) is 23.0 Å². The number of hydrogen-bond donors (Lipinski definition) is 1. The van der Waals surface area contributed by atoms with E-state index >= 15 is 0 Å². The Morgan fingerprint density at radius 2 is 1.93 bits per heavy atom. The smallest absolute Gasteiger partial charge is 0.344 e. The van der Waals surface area contributed by atoms with E-state index < -0.39 is 35.8 Å². The van der Waals surface area contributed by atoms with Crippen molar-refractivity contribution in [2.24, 2.45) is 0 Å². The van der Waals surface area contributed by atoms with Gasteiger partial charge in [0, 0.05) is 6.07 Å². The van der Waals surface area contributed by atoms with E-state index in [2.05, 4.69) is 5.32 Å². The summed E-state index contributed by atoms with van der Waals surface area (Å²) in [5.41, 5.74) is -0.443. The van der Waals surface area contributed by atoms with Gasteiger partial charge in [0.25, 0.3) is 11.6 Å². The second-order valence-corrected chi connectivity index (χ2v) is 5.10. The number of nitrogens with one attached hydrogen (secondary N) is 1. The summed E-state index contributed by atoms with van der Waals surface area (Å²) in [5, 5.41) is 13.3. The van der Waals surface area contributed by atoms with Crippen LogP contribution in [0.3, 0.4) is 0 Å². The first kappa shape index (κ1) is 19.6. The fourth-order valence-electron chi connectivity index (χ4n) is 1.97. The number of anilines is 1. The maximum absolute atomic E-state index is 13.0. The summed E-state index contributed by atoms with van der Waals surface area (Å²) in [6.07, 6.45) is 0. The number of hydrogen-bond acceptors (Lipinski definition) is 7. The van der Waals surface area contributed by atoms with Crippen molar-refractivity contribution in [2.75, 3.05) is 25.6 Å². The Balaban J connectivity index is 1.85. The van der Waals surface area contributed by atoms with E-state index in [1.807, 2.05) is 0 Å². The van der Waals surface area contributed by atoms with Gasteiger partial charge in [-0.05, 0) is 24.3 Å². The number of nitro benzene ring substituents is 1. The van der Waals surface area contributed by atoms with E-state index in [0.717, 1.165) is 12.1 Å². The van der Waals surface area contributed by atoms with Gasteiger partial charge in [0.15, 0.2) is 13.2 Å². The zero-order valence-electron chi connectivity index (χ0n) is 14.1. The molecular weight excluding hydrogens is 363 g/mol. The van der Waals surface area contributed by atoms with Gasteiger partial charge in [0.05, 0.1) is 18.1 Å². The Bertz CT molecular complexity index is 857. The van der Waals surface area contributed by atoms with Crippen LogP contribution in [0.1, 0.15) is 0 Å². The average molecular weight is 378 g/mol. The van der Waals surface area contributed by atoms with Crippen molar-refractivity contribution < 1.29 is 33.1 Å². The topological polar surface area (TPSA) is 117 Å². The molecule has 0 saturated heterocycles. The van der Waals surface area contributed by atoms with Crippen LogP contribution in [0.15, 0.2) is 42.5 Å². The average Bonchev–Trinajstić information content (AvgIpc) is 2.65. The number of halogens is 1. The highest BCUT2D eigenvalue weighted by Crippen LogP contribution is 2.28. The zero-order valence-corrected chi connectivity index (χ0v) is 14.1. The number of rotatable bonds is 8. The molecule has 2 rings (SSSR count). The highest BCUT2D eigenvalue weighted by Gasteiger charge is 2.18. The summed E-state index contributed by atoms with van der Waals surface area (Å²) < 4.78 is 27.6. The van der Waals surface area contributed by atoms with Crippen molar-refractivity contribution in [1.82, 2.24) is 0 Å². The molecule has 142 valence electrons. The summed E-state index contributed by atoms with van der Waals surface area (Å²) in [7, 11) is 1.35. The lowest BCUT2D eigenvalue weighted by Crippen LogP contribution is -2.24. The lowest BCUT2D eigenvalue weighted by Gasteiger charge is -2.09. The van der Waals surface area contributed by atoms with Crippen molar-refractivity contribution in [3.8, 4) is 11.5 Å². The molecule has 0 atom stereocenters. The van der Waals surface area contributed by atoms with Crippen LogP contribution < -0.4 is 14.8 Å². The number of nitro groups is 1. The predicted octanol–water partition coefficient (Wildman–Crippen LogP) is 2.30. The van der Waals surface area contributed by atoms with Crippen LogP contribution >= 0.6 is 0 Å². The van der Waals surface area contributed by atoms with Gasteiger partial charge in [-0.1, -0.05) is 6.07 Å². The highest BCUT2D eigenvalue weighted by atomic mass is 19.1. The summed E-state index contributed by atoms with van der Waals surface area (Å²) in [6.45, 7) is -1.20. The fourth-order valence-corrected chi connectivity index (χ4v) is 1.97. The van der Waals surface area contributed by atoms with Gasteiger partial charge < -0.3 is 19.5 Å². The van der Waals surface area contributed by atoms with Crippen molar-refractivity contribution in [3.05, 3.63) is 58.4 Å². The molecule has 0 aliphatic rings. The third kappa shape index (κ3) is 5.96. The van der Waals surface area contributed by atoms with Crippen LogP contribution in [-0.2, 0) is 14.3 Å². The minimum Gasteiger partial charge on any atom is -0.496 e. The normalized spacial score (nSPS) is 10.0. The minimum atomic E-state index is -0.862. The molecule has 0 aliphatic carbocycles. The Labute approximate surface area is 152 Å². The van der Waals surface area contributed by atoms with E-state index in [1.54, 1.807) is 0 Å². The molecule has 1 N–H and O–H groups in total. The molecule has 0 saturated carbocycles. The van der Waals surface area contributed by atoms with Gasteiger partial charge in [-0.2, -0.15) is 0 Å². The minimum absolute atomic E-state index is 0.0714. The van der Waals surface area contributed by atoms with Crippen molar-refractivity contribution in [3.63, 3.8) is 0 Å². The maximum atomic E-state index is 13.0. The Morgan fingerprint density at radius 3 is 2.59 bits per heavy atom. The third-order valence-corrected chi connectivity index (χ3v) is 3.19. The molecule has 0 aliphatic heterocycles. The van der Waals surface area contributed by atoms with Crippen LogP contribution in [0.5, 0.6) is 11.5 Å². The van der Waals surface area contributed by atoms with E-state index in [0.29, 0.717) is 0 Å². The number of carbonyl (C=O) groups is 2. The molecule has 27 heavy (non-hydrogen) atoms. The predicted molar refractivity (Wildman–Crippen MR) is 91.1 cm³/mol.